The molecule has 0 aromatic rings. The van der Waals surface area contributed by atoms with E-state index in [1.807, 2.05) is 0 Å². The van der Waals surface area contributed by atoms with Gasteiger partial charge in [-0.1, -0.05) is 0 Å². The standard InChI is InChI=1S/C10H14F6N2O2/c1-6-7(20-8(19)10(14,15)16)18(5-3-17-6)4-2-9(11,12)13/h6-7,17H,2-5H2,1H3/t6-,7?/m0/s1. The molecule has 1 heterocycles. The minimum atomic E-state index is -5.17. The molecule has 0 amide bonds. The summed E-state index contributed by atoms with van der Waals surface area (Å²) in [7, 11) is 0. The maximum absolute atomic E-state index is 12.2. The lowest BCUT2D eigenvalue weighted by Crippen LogP contribution is -2.59. The summed E-state index contributed by atoms with van der Waals surface area (Å²) < 4.78 is 77.2. The highest BCUT2D eigenvalue weighted by molar-refractivity contribution is 5.75. The molecule has 1 aliphatic heterocycles. The van der Waals surface area contributed by atoms with E-state index >= 15 is 0 Å². The number of carbonyl (C=O) groups excluding carboxylic acids is 1. The second-order valence-electron chi connectivity index (χ2n) is 4.44. The molecule has 1 N–H and O–H groups in total. The van der Waals surface area contributed by atoms with Crippen LogP contribution in [0.15, 0.2) is 0 Å². The molecule has 1 saturated heterocycles. The van der Waals surface area contributed by atoms with Crippen molar-refractivity contribution in [2.75, 3.05) is 19.6 Å². The highest BCUT2D eigenvalue weighted by Crippen LogP contribution is 2.24. The van der Waals surface area contributed by atoms with Gasteiger partial charge in [-0.15, -0.1) is 0 Å². The number of nitrogens with one attached hydrogen (secondary N) is 1. The first-order valence-corrected chi connectivity index (χ1v) is 5.82. The van der Waals surface area contributed by atoms with Crippen LogP contribution in [0.2, 0.25) is 0 Å². The molecule has 0 saturated carbocycles. The molecule has 1 aliphatic rings. The largest absolute Gasteiger partial charge is 0.490 e. The Hall–Kier alpha value is -1.03. The third kappa shape index (κ3) is 5.16. The number of ether oxygens (including phenoxy) is 1. The predicted molar refractivity (Wildman–Crippen MR) is 55.6 cm³/mol. The first-order chi connectivity index (χ1) is 9.00. The van der Waals surface area contributed by atoms with Gasteiger partial charge in [0.1, 0.15) is 0 Å². The van der Waals surface area contributed by atoms with Gasteiger partial charge in [-0.25, -0.2) is 4.79 Å². The molecular weight excluding hydrogens is 294 g/mol. The van der Waals surface area contributed by atoms with E-state index in [0.717, 1.165) is 4.90 Å². The molecule has 118 valence electrons. The van der Waals surface area contributed by atoms with Crippen molar-refractivity contribution in [3.63, 3.8) is 0 Å². The van der Waals surface area contributed by atoms with E-state index < -0.39 is 43.6 Å². The van der Waals surface area contributed by atoms with Crippen LogP contribution in [0.1, 0.15) is 13.3 Å². The fourth-order valence-corrected chi connectivity index (χ4v) is 1.84. The molecule has 10 heteroatoms. The van der Waals surface area contributed by atoms with Gasteiger partial charge in [0, 0.05) is 19.6 Å². The van der Waals surface area contributed by atoms with Gasteiger partial charge in [-0.05, 0) is 6.92 Å². The van der Waals surface area contributed by atoms with Gasteiger partial charge in [0.2, 0.25) is 0 Å². The maximum atomic E-state index is 12.2. The van der Waals surface area contributed by atoms with Crippen molar-refractivity contribution in [2.24, 2.45) is 0 Å². The minimum Gasteiger partial charge on any atom is -0.438 e. The second kappa shape index (κ2) is 6.17. The van der Waals surface area contributed by atoms with Crippen LogP contribution in [0.4, 0.5) is 26.3 Å². The van der Waals surface area contributed by atoms with E-state index in [4.69, 9.17) is 0 Å². The van der Waals surface area contributed by atoms with Gasteiger partial charge >= 0.3 is 18.3 Å². The van der Waals surface area contributed by atoms with Crippen molar-refractivity contribution < 1.29 is 35.9 Å². The molecule has 0 bridgehead atoms. The van der Waals surface area contributed by atoms with Gasteiger partial charge < -0.3 is 10.1 Å². The van der Waals surface area contributed by atoms with Crippen LogP contribution in [0.3, 0.4) is 0 Å². The predicted octanol–water partition coefficient (Wildman–Crippen LogP) is 1.66. The van der Waals surface area contributed by atoms with Crippen LogP contribution >= 0.6 is 0 Å². The Balaban J connectivity index is 2.68. The summed E-state index contributed by atoms with van der Waals surface area (Å²) in [5, 5.41) is 2.75. The number of esters is 1. The molecule has 0 radical (unpaired) electrons. The Morgan fingerprint density at radius 3 is 2.40 bits per heavy atom. The number of hydrogen-bond donors (Lipinski definition) is 1. The first-order valence-electron chi connectivity index (χ1n) is 5.82. The molecule has 4 nitrogen and oxygen atoms in total. The average molecular weight is 308 g/mol. The second-order valence-corrected chi connectivity index (χ2v) is 4.44. The summed E-state index contributed by atoms with van der Waals surface area (Å²) in [6, 6.07) is -0.691. The van der Waals surface area contributed by atoms with Crippen molar-refractivity contribution >= 4 is 5.97 Å². The summed E-state index contributed by atoms with van der Waals surface area (Å²) in [6.07, 6.45) is -12.2. The zero-order valence-electron chi connectivity index (χ0n) is 10.5. The Labute approximate surface area is 111 Å². The topological polar surface area (TPSA) is 41.6 Å². The molecule has 1 rings (SSSR count). The SMILES string of the molecule is C[C@@H]1NCCN(CCC(F)(F)F)C1OC(=O)C(F)(F)F. The summed E-state index contributed by atoms with van der Waals surface area (Å²) >= 11 is 0. The zero-order chi connectivity index (χ0) is 15.6. The minimum absolute atomic E-state index is 0.0657. The first kappa shape index (κ1) is 17.0. The van der Waals surface area contributed by atoms with Crippen molar-refractivity contribution in [2.45, 2.75) is 38.0 Å². The number of rotatable bonds is 3. The van der Waals surface area contributed by atoms with Gasteiger partial charge in [-0.3, -0.25) is 4.90 Å². The lowest BCUT2D eigenvalue weighted by molar-refractivity contribution is -0.218. The van der Waals surface area contributed by atoms with Crippen LogP contribution in [-0.2, 0) is 9.53 Å². The van der Waals surface area contributed by atoms with Crippen LogP contribution in [0.5, 0.6) is 0 Å². The van der Waals surface area contributed by atoms with Crippen LogP contribution in [0.25, 0.3) is 0 Å². The normalized spacial score (nSPS) is 25.6. The summed E-state index contributed by atoms with van der Waals surface area (Å²) in [6.45, 7) is 1.29. The Kier molecular flexibility index (Phi) is 5.25. The van der Waals surface area contributed by atoms with E-state index in [-0.39, 0.29) is 6.54 Å². The van der Waals surface area contributed by atoms with Gasteiger partial charge in [0.25, 0.3) is 0 Å². The summed E-state index contributed by atoms with van der Waals surface area (Å²) in [4.78, 5) is 11.9. The van der Waals surface area contributed by atoms with Crippen molar-refractivity contribution in [1.82, 2.24) is 10.2 Å². The molecule has 0 aliphatic carbocycles. The van der Waals surface area contributed by atoms with Crippen molar-refractivity contribution in [3.8, 4) is 0 Å². The molecular formula is C10H14F6N2O2. The Bertz CT molecular complexity index is 344. The smallest absolute Gasteiger partial charge is 0.438 e. The molecule has 1 unspecified atom stereocenters. The van der Waals surface area contributed by atoms with Crippen molar-refractivity contribution in [3.05, 3.63) is 0 Å². The van der Waals surface area contributed by atoms with Crippen LogP contribution in [0, 0.1) is 0 Å². The highest BCUT2D eigenvalue weighted by Gasteiger charge is 2.45. The quantitative estimate of drug-likeness (QED) is 0.636. The Morgan fingerprint density at radius 1 is 1.30 bits per heavy atom. The number of halogens is 6. The van der Waals surface area contributed by atoms with Crippen molar-refractivity contribution in [1.29, 1.82) is 0 Å². The van der Waals surface area contributed by atoms with E-state index in [9.17, 15) is 31.1 Å². The third-order valence-corrected chi connectivity index (χ3v) is 2.79. The number of alkyl halides is 6. The fraction of sp³-hybridized carbons (Fsp3) is 0.900. The molecule has 1 fully saturated rings. The molecule has 0 aromatic heterocycles. The zero-order valence-corrected chi connectivity index (χ0v) is 10.5. The molecule has 2 atom stereocenters. The number of carbonyl (C=O) groups is 1. The van der Waals surface area contributed by atoms with E-state index in [0.29, 0.717) is 6.54 Å². The van der Waals surface area contributed by atoms with Gasteiger partial charge in [-0.2, -0.15) is 26.3 Å². The monoisotopic (exact) mass is 308 g/mol. The molecule has 0 aromatic carbocycles. The molecule has 20 heavy (non-hydrogen) atoms. The summed E-state index contributed by atoms with van der Waals surface area (Å²) in [5.74, 6) is -2.41. The van der Waals surface area contributed by atoms with Gasteiger partial charge in [0.05, 0.1) is 12.5 Å². The third-order valence-electron chi connectivity index (χ3n) is 2.79. The van der Waals surface area contributed by atoms with E-state index in [2.05, 4.69) is 10.1 Å². The summed E-state index contributed by atoms with van der Waals surface area (Å²) in [5.41, 5.74) is 0. The lowest BCUT2D eigenvalue weighted by Gasteiger charge is -2.39. The number of nitrogens with zero attached hydrogens (tertiary/aromatic N) is 1. The van der Waals surface area contributed by atoms with Gasteiger partial charge in [0.15, 0.2) is 6.23 Å². The average Bonchev–Trinajstić information content (AvgIpc) is 2.27. The molecule has 0 spiro atoms. The van der Waals surface area contributed by atoms with Crippen LogP contribution < -0.4 is 5.32 Å². The number of piperazine rings is 1. The number of hydrogen-bond acceptors (Lipinski definition) is 4. The highest BCUT2D eigenvalue weighted by atomic mass is 19.4. The Morgan fingerprint density at radius 2 is 1.90 bits per heavy atom. The van der Waals surface area contributed by atoms with E-state index in [1.54, 1.807) is 0 Å². The van der Waals surface area contributed by atoms with E-state index in [1.165, 1.54) is 6.92 Å². The lowest BCUT2D eigenvalue weighted by atomic mass is 10.2. The fourth-order valence-electron chi connectivity index (χ4n) is 1.84. The van der Waals surface area contributed by atoms with Crippen LogP contribution in [-0.4, -0.2) is 55.1 Å². The maximum Gasteiger partial charge on any atom is 0.490 e.